The molecule has 0 unspecified atom stereocenters. The lowest BCUT2D eigenvalue weighted by molar-refractivity contribution is 0.411. The van der Waals surface area contributed by atoms with Gasteiger partial charge in [0.2, 0.25) is 0 Å². The van der Waals surface area contributed by atoms with Crippen molar-refractivity contribution in [3.8, 4) is 28.7 Å². The molecule has 27 heavy (non-hydrogen) atoms. The summed E-state index contributed by atoms with van der Waals surface area (Å²) in [7, 11) is 1.59. The monoisotopic (exact) mass is 365 g/mol. The summed E-state index contributed by atoms with van der Waals surface area (Å²) in [5.41, 5.74) is 0.763. The molecule has 9 nitrogen and oxygen atoms in total. The van der Waals surface area contributed by atoms with Gasteiger partial charge in [-0.05, 0) is 37.3 Å². The number of rotatable bonds is 5. The van der Waals surface area contributed by atoms with Crippen LogP contribution in [-0.2, 0) is 6.54 Å². The van der Waals surface area contributed by atoms with E-state index in [1.807, 2.05) is 18.2 Å². The first-order valence-corrected chi connectivity index (χ1v) is 8.11. The van der Waals surface area contributed by atoms with Crippen molar-refractivity contribution in [3.05, 3.63) is 64.6 Å². The Bertz CT molecular complexity index is 1140. The van der Waals surface area contributed by atoms with Gasteiger partial charge in [-0.3, -0.25) is 4.79 Å². The van der Waals surface area contributed by atoms with Crippen molar-refractivity contribution in [2.45, 2.75) is 13.5 Å². The van der Waals surface area contributed by atoms with Gasteiger partial charge in [-0.1, -0.05) is 16.4 Å². The van der Waals surface area contributed by atoms with E-state index in [2.05, 4.69) is 20.3 Å². The average Bonchev–Trinajstić information content (AvgIpc) is 3.33. The maximum absolute atomic E-state index is 12.7. The molecule has 3 aromatic heterocycles. The van der Waals surface area contributed by atoms with Gasteiger partial charge in [-0.2, -0.15) is 9.97 Å². The lowest BCUT2D eigenvalue weighted by atomic mass is 10.2. The molecule has 0 aliphatic rings. The maximum atomic E-state index is 12.7. The molecule has 9 heteroatoms. The smallest absolute Gasteiger partial charge is 0.263 e. The molecule has 0 saturated carbocycles. The SMILES string of the molecule is COc1cccc(-c2nc(Cn3cccc(-c4nc(C)no4)c3=O)no2)c1. The predicted molar refractivity (Wildman–Crippen MR) is 94.1 cm³/mol. The van der Waals surface area contributed by atoms with E-state index in [0.717, 1.165) is 5.56 Å². The van der Waals surface area contributed by atoms with E-state index >= 15 is 0 Å². The van der Waals surface area contributed by atoms with Gasteiger partial charge < -0.3 is 18.4 Å². The quantitative estimate of drug-likeness (QED) is 0.530. The minimum Gasteiger partial charge on any atom is -0.497 e. The van der Waals surface area contributed by atoms with Gasteiger partial charge in [0.1, 0.15) is 11.3 Å². The van der Waals surface area contributed by atoms with Crippen LogP contribution in [0.3, 0.4) is 0 Å². The van der Waals surface area contributed by atoms with Gasteiger partial charge in [-0.25, -0.2) is 0 Å². The zero-order chi connectivity index (χ0) is 18.8. The molecular weight excluding hydrogens is 350 g/mol. The minimum atomic E-state index is -0.283. The minimum absolute atomic E-state index is 0.146. The van der Waals surface area contributed by atoms with Gasteiger partial charge >= 0.3 is 0 Å². The number of benzene rings is 1. The molecule has 136 valence electrons. The molecule has 0 spiro atoms. The van der Waals surface area contributed by atoms with Crippen LogP contribution in [0.5, 0.6) is 5.75 Å². The Balaban J connectivity index is 1.62. The standard InChI is InChI=1S/C18H15N5O4/c1-11-19-17(27-21-11)14-7-4-8-23(18(14)24)10-15-20-16(26-22-15)12-5-3-6-13(9-12)25-2/h3-9H,10H2,1-2H3. The highest BCUT2D eigenvalue weighted by atomic mass is 16.5. The molecule has 3 heterocycles. The molecule has 0 atom stereocenters. The number of nitrogens with zero attached hydrogens (tertiary/aromatic N) is 5. The molecule has 0 saturated heterocycles. The van der Waals surface area contributed by atoms with Gasteiger partial charge in [-0.15, -0.1) is 0 Å². The number of aromatic nitrogens is 5. The van der Waals surface area contributed by atoms with Crippen molar-refractivity contribution in [3.63, 3.8) is 0 Å². The van der Waals surface area contributed by atoms with Crippen LogP contribution in [0, 0.1) is 6.92 Å². The number of pyridine rings is 1. The van der Waals surface area contributed by atoms with E-state index in [1.54, 1.807) is 38.4 Å². The molecular formula is C18H15N5O4. The Labute approximate surface area is 153 Å². The molecule has 0 radical (unpaired) electrons. The van der Waals surface area contributed by atoms with Crippen molar-refractivity contribution in [1.29, 1.82) is 0 Å². The van der Waals surface area contributed by atoms with E-state index < -0.39 is 0 Å². The molecule has 0 aliphatic heterocycles. The highest BCUT2D eigenvalue weighted by molar-refractivity contribution is 5.55. The first-order valence-electron chi connectivity index (χ1n) is 8.11. The van der Waals surface area contributed by atoms with E-state index in [1.165, 1.54) is 4.57 Å². The van der Waals surface area contributed by atoms with E-state index in [9.17, 15) is 4.79 Å². The summed E-state index contributed by atoms with van der Waals surface area (Å²) >= 11 is 0. The number of aryl methyl sites for hydroxylation is 1. The highest BCUT2D eigenvalue weighted by Gasteiger charge is 2.15. The Morgan fingerprint density at radius 2 is 1.93 bits per heavy atom. The first kappa shape index (κ1) is 16.7. The Morgan fingerprint density at radius 3 is 2.70 bits per heavy atom. The summed E-state index contributed by atoms with van der Waals surface area (Å²) in [4.78, 5) is 21.1. The van der Waals surface area contributed by atoms with Crippen LogP contribution in [0.4, 0.5) is 0 Å². The van der Waals surface area contributed by atoms with E-state index in [4.69, 9.17) is 13.8 Å². The highest BCUT2D eigenvalue weighted by Crippen LogP contribution is 2.22. The maximum Gasteiger partial charge on any atom is 0.263 e. The van der Waals surface area contributed by atoms with Crippen LogP contribution in [0.25, 0.3) is 22.9 Å². The second-order valence-corrected chi connectivity index (χ2v) is 5.75. The molecule has 0 fully saturated rings. The fraction of sp³-hybridized carbons (Fsp3) is 0.167. The van der Waals surface area contributed by atoms with Crippen molar-refractivity contribution < 1.29 is 13.8 Å². The third-order valence-corrected chi connectivity index (χ3v) is 3.87. The van der Waals surface area contributed by atoms with Crippen LogP contribution < -0.4 is 10.3 Å². The molecule has 0 amide bonds. The summed E-state index contributed by atoms with van der Waals surface area (Å²) < 4.78 is 17.0. The zero-order valence-corrected chi connectivity index (χ0v) is 14.6. The summed E-state index contributed by atoms with van der Waals surface area (Å²) in [5.74, 6) is 2.04. The molecule has 0 bridgehead atoms. The summed E-state index contributed by atoms with van der Waals surface area (Å²) in [6.07, 6.45) is 1.64. The van der Waals surface area contributed by atoms with Crippen LogP contribution in [0.1, 0.15) is 11.6 Å². The second kappa shape index (κ2) is 6.87. The number of hydrogen-bond donors (Lipinski definition) is 0. The van der Waals surface area contributed by atoms with Crippen molar-refractivity contribution in [2.24, 2.45) is 0 Å². The zero-order valence-electron chi connectivity index (χ0n) is 14.6. The van der Waals surface area contributed by atoms with Gasteiger partial charge in [0.05, 0.1) is 13.7 Å². The van der Waals surface area contributed by atoms with Crippen molar-refractivity contribution in [1.82, 2.24) is 24.8 Å². The number of ether oxygens (including phenoxy) is 1. The number of methoxy groups -OCH3 is 1. The number of hydrogen-bond acceptors (Lipinski definition) is 8. The van der Waals surface area contributed by atoms with Crippen LogP contribution >= 0.6 is 0 Å². The largest absolute Gasteiger partial charge is 0.497 e. The topological polar surface area (TPSA) is 109 Å². The lowest BCUT2D eigenvalue weighted by Crippen LogP contribution is -2.22. The first-order chi connectivity index (χ1) is 13.1. The van der Waals surface area contributed by atoms with Crippen LogP contribution in [0.2, 0.25) is 0 Å². The predicted octanol–water partition coefficient (Wildman–Crippen LogP) is 2.31. The van der Waals surface area contributed by atoms with Gasteiger partial charge in [0, 0.05) is 11.8 Å². The fourth-order valence-corrected chi connectivity index (χ4v) is 2.57. The Kier molecular flexibility index (Phi) is 4.25. The molecule has 4 rings (SSSR count). The van der Waals surface area contributed by atoms with Crippen molar-refractivity contribution >= 4 is 0 Å². The molecule has 0 N–H and O–H groups in total. The normalized spacial score (nSPS) is 10.9. The summed E-state index contributed by atoms with van der Waals surface area (Å²) in [5, 5.41) is 7.67. The third-order valence-electron chi connectivity index (χ3n) is 3.87. The van der Waals surface area contributed by atoms with Crippen LogP contribution in [-0.4, -0.2) is 32.0 Å². The molecule has 0 aliphatic carbocycles. The van der Waals surface area contributed by atoms with E-state index in [0.29, 0.717) is 28.9 Å². The molecule has 4 aromatic rings. The van der Waals surface area contributed by atoms with Gasteiger partial charge in [0.15, 0.2) is 11.6 Å². The summed E-state index contributed by atoms with van der Waals surface area (Å²) in [6.45, 7) is 1.83. The lowest BCUT2D eigenvalue weighted by Gasteiger charge is -2.03. The van der Waals surface area contributed by atoms with E-state index in [-0.39, 0.29) is 18.0 Å². The second-order valence-electron chi connectivity index (χ2n) is 5.75. The average molecular weight is 365 g/mol. The van der Waals surface area contributed by atoms with Crippen molar-refractivity contribution in [2.75, 3.05) is 7.11 Å². The Morgan fingerprint density at radius 1 is 1.07 bits per heavy atom. The van der Waals surface area contributed by atoms with Crippen LogP contribution in [0.15, 0.2) is 56.4 Å². The van der Waals surface area contributed by atoms with Gasteiger partial charge in [0.25, 0.3) is 17.3 Å². The fourth-order valence-electron chi connectivity index (χ4n) is 2.57. The Hall–Kier alpha value is -3.75. The summed E-state index contributed by atoms with van der Waals surface area (Å²) in [6, 6.07) is 10.6. The third kappa shape index (κ3) is 3.34. The molecule has 1 aromatic carbocycles.